The van der Waals surface area contributed by atoms with Gasteiger partial charge in [-0.1, -0.05) is 18.2 Å². The molecule has 1 aromatic carbocycles. The number of carbonyl (C=O) groups is 1. The van der Waals surface area contributed by atoms with Gasteiger partial charge in [-0.2, -0.15) is 0 Å². The number of thiophene rings is 1. The van der Waals surface area contributed by atoms with E-state index >= 15 is 0 Å². The zero-order valence-corrected chi connectivity index (χ0v) is 11.6. The second-order valence-electron chi connectivity index (χ2n) is 4.59. The van der Waals surface area contributed by atoms with Gasteiger partial charge in [-0.3, -0.25) is 9.78 Å². The normalized spacial score (nSPS) is 10.8. The quantitative estimate of drug-likeness (QED) is 0.653. The Labute approximate surface area is 115 Å². The summed E-state index contributed by atoms with van der Waals surface area (Å²) in [5, 5.41) is 2.88. The zero-order chi connectivity index (χ0) is 13.4. The molecule has 0 aliphatic heterocycles. The summed E-state index contributed by atoms with van der Waals surface area (Å²) in [6.07, 6.45) is 0. The topological polar surface area (TPSA) is 30.0 Å². The van der Waals surface area contributed by atoms with Crippen LogP contribution in [0.4, 0.5) is 0 Å². The van der Waals surface area contributed by atoms with Crippen LogP contribution in [0.1, 0.15) is 26.5 Å². The Morgan fingerprint density at radius 3 is 2.68 bits per heavy atom. The molecule has 0 aliphatic carbocycles. The molecule has 2 heterocycles. The number of aromatic nitrogens is 1. The summed E-state index contributed by atoms with van der Waals surface area (Å²) in [6, 6.07) is 11.6. The molecule has 3 rings (SSSR count). The van der Waals surface area contributed by atoms with Gasteiger partial charge in [0.15, 0.2) is 0 Å². The minimum atomic E-state index is 0.0919. The van der Waals surface area contributed by atoms with Gasteiger partial charge in [0, 0.05) is 16.6 Å². The smallest absolute Gasteiger partial charge is 0.203 e. The van der Waals surface area contributed by atoms with Crippen molar-refractivity contribution in [3.05, 3.63) is 63.5 Å². The van der Waals surface area contributed by atoms with Crippen LogP contribution in [0.15, 0.2) is 41.8 Å². The van der Waals surface area contributed by atoms with Crippen molar-refractivity contribution in [2.75, 3.05) is 0 Å². The van der Waals surface area contributed by atoms with Crippen molar-refractivity contribution >= 4 is 28.0 Å². The van der Waals surface area contributed by atoms with Crippen LogP contribution < -0.4 is 0 Å². The first-order valence-corrected chi connectivity index (χ1v) is 7.00. The SMILES string of the molecule is Cc1cc(C(=O)c2sccc2C)c2ccccc2n1. The van der Waals surface area contributed by atoms with Gasteiger partial charge in [0.1, 0.15) is 0 Å². The van der Waals surface area contributed by atoms with Gasteiger partial charge in [0.05, 0.1) is 10.4 Å². The second kappa shape index (κ2) is 4.59. The van der Waals surface area contributed by atoms with Crippen molar-refractivity contribution < 1.29 is 4.79 Å². The maximum atomic E-state index is 12.7. The van der Waals surface area contributed by atoms with Gasteiger partial charge in [-0.25, -0.2) is 0 Å². The highest BCUT2D eigenvalue weighted by molar-refractivity contribution is 7.12. The molecule has 0 aliphatic rings. The molecule has 0 atom stereocenters. The molecule has 0 unspecified atom stereocenters. The molecule has 0 fully saturated rings. The molecule has 0 radical (unpaired) electrons. The fraction of sp³-hybridized carbons (Fsp3) is 0.125. The molecule has 2 nitrogen and oxygen atoms in total. The summed E-state index contributed by atoms with van der Waals surface area (Å²) in [7, 11) is 0. The first kappa shape index (κ1) is 12.1. The van der Waals surface area contributed by atoms with E-state index in [9.17, 15) is 4.79 Å². The molecule has 2 aromatic heterocycles. The summed E-state index contributed by atoms with van der Waals surface area (Å²) in [5.74, 6) is 0.0919. The van der Waals surface area contributed by atoms with Gasteiger partial charge in [-0.05, 0) is 43.0 Å². The fourth-order valence-electron chi connectivity index (χ4n) is 2.22. The van der Waals surface area contributed by atoms with E-state index in [0.29, 0.717) is 0 Å². The summed E-state index contributed by atoms with van der Waals surface area (Å²) >= 11 is 1.50. The van der Waals surface area contributed by atoms with E-state index in [1.807, 2.05) is 55.6 Å². The van der Waals surface area contributed by atoms with E-state index in [4.69, 9.17) is 0 Å². The Bertz CT molecular complexity index is 773. The lowest BCUT2D eigenvalue weighted by atomic mass is 10.0. The highest BCUT2D eigenvalue weighted by atomic mass is 32.1. The van der Waals surface area contributed by atoms with Gasteiger partial charge in [0.25, 0.3) is 0 Å². The second-order valence-corrected chi connectivity index (χ2v) is 5.51. The minimum Gasteiger partial charge on any atom is -0.288 e. The fourth-order valence-corrected chi connectivity index (χ4v) is 3.10. The van der Waals surface area contributed by atoms with Crippen LogP contribution in [0.5, 0.6) is 0 Å². The summed E-state index contributed by atoms with van der Waals surface area (Å²) in [4.78, 5) is 18.0. The molecule has 19 heavy (non-hydrogen) atoms. The zero-order valence-electron chi connectivity index (χ0n) is 10.8. The first-order chi connectivity index (χ1) is 9.16. The molecule has 3 aromatic rings. The predicted molar refractivity (Wildman–Crippen MR) is 79.0 cm³/mol. The van der Waals surface area contributed by atoms with E-state index in [2.05, 4.69) is 4.98 Å². The Kier molecular flexibility index (Phi) is 2.91. The molecular formula is C16H13NOS. The van der Waals surface area contributed by atoms with Crippen LogP contribution in [-0.4, -0.2) is 10.8 Å². The number of hydrogen-bond donors (Lipinski definition) is 0. The number of fused-ring (bicyclic) bond motifs is 1. The molecule has 0 spiro atoms. The molecule has 0 amide bonds. The maximum Gasteiger partial charge on any atom is 0.203 e. The van der Waals surface area contributed by atoms with Gasteiger partial charge >= 0.3 is 0 Å². The summed E-state index contributed by atoms with van der Waals surface area (Å²) < 4.78 is 0. The van der Waals surface area contributed by atoms with Crippen molar-refractivity contribution in [3.8, 4) is 0 Å². The van der Waals surface area contributed by atoms with Crippen LogP contribution in [0.25, 0.3) is 10.9 Å². The van der Waals surface area contributed by atoms with Gasteiger partial charge < -0.3 is 0 Å². The van der Waals surface area contributed by atoms with Crippen LogP contribution in [-0.2, 0) is 0 Å². The van der Waals surface area contributed by atoms with Crippen molar-refractivity contribution in [3.63, 3.8) is 0 Å². The average molecular weight is 267 g/mol. The highest BCUT2D eigenvalue weighted by Crippen LogP contribution is 2.25. The average Bonchev–Trinajstić information content (AvgIpc) is 2.83. The van der Waals surface area contributed by atoms with Gasteiger partial charge in [0.2, 0.25) is 5.78 Å². The van der Waals surface area contributed by atoms with Crippen LogP contribution in [0, 0.1) is 13.8 Å². The number of aryl methyl sites for hydroxylation is 2. The Hall–Kier alpha value is -2.00. The van der Waals surface area contributed by atoms with Gasteiger partial charge in [-0.15, -0.1) is 11.3 Å². The number of hydrogen-bond acceptors (Lipinski definition) is 3. The van der Waals surface area contributed by atoms with Crippen LogP contribution >= 0.6 is 11.3 Å². The Balaban J connectivity index is 2.25. The standard InChI is InChI=1S/C16H13NOS/c1-10-7-8-19-16(10)15(18)13-9-11(2)17-14-6-4-3-5-12(13)14/h3-9H,1-2H3. The number of nitrogens with zero attached hydrogens (tertiary/aromatic N) is 1. The number of pyridine rings is 1. The third-order valence-corrected chi connectivity index (χ3v) is 4.17. The molecule has 0 saturated heterocycles. The first-order valence-electron chi connectivity index (χ1n) is 6.12. The van der Waals surface area contributed by atoms with Crippen LogP contribution in [0.2, 0.25) is 0 Å². The lowest BCUT2D eigenvalue weighted by Gasteiger charge is -2.06. The van der Waals surface area contributed by atoms with Crippen molar-refractivity contribution in [1.29, 1.82) is 0 Å². The molecule has 0 N–H and O–H groups in total. The van der Waals surface area contributed by atoms with E-state index < -0.39 is 0 Å². The van der Waals surface area contributed by atoms with E-state index in [1.165, 1.54) is 11.3 Å². The molecular weight excluding hydrogens is 254 g/mol. The lowest BCUT2D eigenvalue weighted by molar-refractivity contribution is 0.104. The van der Waals surface area contributed by atoms with E-state index in [1.54, 1.807) is 0 Å². The monoisotopic (exact) mass is 267 g/mol. The molecule has 0 saturated carbocycles. The minimum absolute atomic E-state index is 0.0919. The van der Waals surface area contributed by atoms with Crippen LogP contribution in [0.3, 0.4) is 0 Å². The van der Waals surface area contributed by atoms with E-state index in [0.717, 1.165) is 32.6 Å². The van der Waals surface area contributed by atoms with E-state index in [-0.39, 0.29) is 5.78 Å². The number of para-hydroxylation sites is 1. The summed E-state index contributed by atoms with van der Waals surface area (Å²) in [6.45, 7) is 3.89. The lowest BCUT2D eigenvalue weighted by Crippen LogP contribution is -2.03. The van der Waals surface area contributed by atoms with Crippen molar-refractivity contribution in [2.45, 2.75) is 13.8 Å². The van der Waals surface area contributed by atoms with Crippen molar-refractivity contribution in [2.24, 2.45) is 0 Å². The third-order valence-electron chi connectivity index (χ3n) is 3.16. The predicted octanol–water partition coefficient (Wildman–Crippen LogP) is 4.14. The maximum absolute atomic E-state index is 12.7. The highest BCUT2D eigenvalue weighted by Gasteiger charge is 2.16. The number of benzene rings is 1. The van der Waals surface area contributed by atoms with Crippen molar-refractivity contribution in [1.82, 2.24) is 4.98 Å². The number of rotatable bonds is 2. The molecule has 3 heteroatoms. The third kappa shape index (κ3) is 2.06. The Morgan fingerprint density at radius 2 is 1.95 bits per heavy atom. The Morgan fingerprint density at radius 1 is 1.16 bits per heavy atom. The molecule has 0 bridgehead atoms. The summed E-state index contributed by atoms with van der Waals surface area (Å²) in [5.41, 5.74) is 3.53. The molecule has 94 valence electrons. The largest absolute Gasteiger partial charge is 0.288 e. The number of carbonyl (C=O) groups excluding carboxylic acids is 1. The number of ketones is 1.